The van der Waals surface area contributed by atoms with Gasteiger partial charge in [0, 0.05) is 11.3 Å². The second kappa shape index (κ2) is 9.03. The Labute approximate surface area is 177 Å². The molecule has 0 aliphatic carbocycles. The van der Waals surface area contributed by atoms with Gasteiger partial charge in [-0.05, 0) is 42.3 Å². The van der Waals surface area contributed by atoms with E-state index in [1.54, 1.807) is 29.3 Å². The molecule has 1 heterocycles. The third-order valence-electron chi connectivity index (χ3n) is 4.27. The molecule has 0 spiro atoms. The first kappa shape index (κ1) is 19.4. The minimum absolute atomic E-state index is 0.223. The van der Waals surface area contributed by atoms with Gasteiger partial charge in [-0.1, -0.05) is 65.9 Å². The number of hydrogen-bond acceptors (Lipinski definition) is 5. The highest BCUT2D eigenvalue weighted by atomic mass is 32.2. The first-order chi connectivity index (χ1) is 14.2. The number of benzene rings is 3. The maximum atomic E-state index is 12.3. The molecule has 0 aliphatic heterocycles. The number of carbonyl (C=O) groups is 1. The van der Waals surface area contributed by atoms with Crippen LogP contribution in [0.1, 0.15) is 27.0 Å². The number of para-hydroxylation sites is 1. The molecule has 1 N–H and O–H groups in total. The number of carbonyl (C=O) groups excluding carboxylic acids is 1. The summed E-state index contributed by atoms with van der Waals surface area (Å²) >= 11 is 3.41. The van der Waals surface area contributed by atoms with Crippen LogP contribution in [0.25, 0.3) is 10.2 Å². The summed E-state index contributed by atoms with van der Waals surface area (Å²) < 4.78 is 2.26. The molecule has 144 valence electrons. The first-order valence-electron chi connectivity index (χ1n) is 9.15. The van der Waals surface area contributed by atoms with Crippen molar-refractivity contribution >= 4 is 45.4 Å². The number of aryl methyl sites for hydroxylation is 1. The molecule has 0 unspecified atom stereocenters. The Morgan fingerprint density at radius 3 is 2.72 bits per heavy atom. The van der Waals surface area contributed by atoms with Gasteiger partial charge >= 0.3 is 0 Å². The fraction of sp³-hybridized carbons (Fsp3) is 0.0870. The molecule has 0 radical (unpaired) electrons. The van der Waals surface area contributed by atoms with E-state index < -0.39 is 0 Å². The summed E-state index contributed by atoms with van der Waals surface area (Å²) in [6.07, 6.45) is 1.65. The van der Waals surface area contributed by atoms with Gasteiger partial charge in [-0.15, -0.1) is 11.3 Å². The molecule has 0 fully saturated rings. The largest absolute Gasteiger partial charge is 0.271 e. The molecule has 3 aromatic carbocycles. The smallest absolute Gasteiger partial charge is 0.267 e. The van der Waals surface area contributed by atoms with E-state index in [1.807, 2.05) is 73.7 Å². The van der Waals surface area contributed by atoms with E-state index in [-0.39, 0.29) is 5.91 Å². The normalized spacial score (nSPS) is 11.2. The molecule has 0 saturated carbocycles. The highest BCUT2D eigenvalue weighted by Crippen LogP contribution is 2.31. The Hall–Kier alpha value is -2.96. The van der Waals surface area contributed by atoms with Gasteiger partial charge < -0.3 is 0 Å². The van der Waals surface area contributed by atoms with Crippen LogP contribution in [-0.4, -0.2) is 17.1 Å². The van der Waals surface area contributed by atoms with Gasteiger partial charge in [0.05, 0.1) is 16.4 Å². The van der Waals surface area contributed by atoms with Gasteiger partial charge in [-0.25, -0.2) is 10.4 Å². The Morgan fingerprint density at radius 2 is 1.93 bits per heavy atom. The molecular formula is C23H19N3OS2. The Balaban J connectivity index is 1.32. The second-order valence-electron chi connectivity index (χ2n) is 6.55. The van der Waals surface area contributed by atoms with Crippen LogP contribution in [-0.2, 0) is 5.75 Å². The van der Waals surface area contributed by atoms with Crippen LogP contribution in [0, 0.1) is 6.92 Å². The van der Waals surface area contributed by atoms with Crippen LogP contribution in [0.2, 0.25) is 0 Å². The van der Waals surface area contributed by atoms with Crippen molar-refractivity contribution in [2.45, 2.75) is 17.0 Å². The van der Waals surface area contributed by atoms with Crippen molar-refractivity contribution in [2.75, 3.05) is 0 Å². The number of fused-ring (bicyclic) bond motifs is 1. The zero-order valence-electron chi connectivity index (χ0n) is 15.8. The number of hydrogen-bond donors (Lipinski definition) is 1. The lowest BCUT2D eigenvalue weighted by Gasteiger charge is -2.03. The Kier molecular flexibility index (Phi) is 6.03. The minimum atomic E-state index is -0.223. The Bertz CT molecular complexity index is 1130. The van der Waals surface area contributed by atoms with Crippen molar-refractivity contribution < 1.29 is 4.79 Å². The quantitative estimate of drug-likeness (QED) is 0.250. The summed E-state index contributed by atoms with van der Waals surface area (Å²) in [4.78, 5) is 16.9. The predicted octanol–water partition coefficient (Wildman–Crippen LogP) is 5.66. The fourth-order valence-corrected chi connectivity index (χ4v) is 4.81. The summed E-state index contributed by atoms with van der Waals surface area (Å²) in [7, 11) is 0. The van der Waals surface area contributed by atoms with Crippen LogP contribution in [0.4, 0.5) is 0 Å². The van der Waals surface area contributed by atoms with Crippen LogP contribution in [0.15, 0.2) is 82.2 Å². The number of rotatable bonds is 6. The van der Waals surface area contributed by atoms with E-state index in [2.05, 4.69) is 21.6 Å². The summed E-state index contributed by atoms with van der Waals surface area (Å²) in [5, 5.41) is 4.04. The number of aromatic nitrogens is 1. The first-order valence-corrected chi connectivity index (χ1v) is 10.9. The van der Waals surface area contributed by atoms with Gasteiger partial charge in [0.25, 0.3) is 5.91 Å². The molecule has 4 aromatic rings. The lowest BCUT2D eigenvalue weighted by Crippen LogP contribution is -2.17. The van der Waals surface area contributed by atoms with E-state index >= 15 is 0 Å². The molecule has 0 atom stereocenters. The maximum Gasteiger partial charge on any atom is 0.271 e. The SMILES string of the molecule is Cc1cccc(C=NNC(=O)c2ccc(CSc3nc4ccccc4s3)cc2)c1. The van der Waals surface area contributed by atoms with Crippen LogP contribution >= 0.6 is 23.1 Å². The number of nitrogens with one attached hydrogen (secondary N) is 1. The summed E-state index contributed by atoms with van der Waals surface area (Å²) in [6.45, 7) is 2.02. The highest BCUT2D eigenvalue weighted by Gasteiger charge is 2.06. The third kappa shape index (κ3) is 5.10. The molecule has 4 nitrogen and oxygen atoms in total. The van der Waals surface area contributed by atoms with Crippen molar-refractivity contribution in [1.82, 2.24) is 10.4 Å². The average Bonchev–Trinajstić information content (AvgIpc) is 3.16. The molecule has 29 heavy (non-hydrogen) atoms. The molecule has 4 rings (SSSR count). The molecule has 6 heteroatoms. The number of hydrazone groups is 1. The highest BCUT2D eigenvalue weighted by molar-refractivity contribution is 8.00. The van der Waals surface area contributed by atoms with Crippen LogP contribution < -0.4 is 5.43 Å². The number of thioether (sulfide) groups is 1. The van der Waals surface area contributed by atoms with Crippen molar-refractivity contribution in [3.63, 3.8) is 0 Å². The van der Waals surface area contributed by atoms with Gasteiger partial charge in [-0.2, -0.15) is 5.10 Å². The zero-order valence-corrected chi connectivity index (χ0v) is 17.5. The van der Waals surface area contributed by atoms with Crippen molar-refractivity contribution in [3.05, 3.63) is 95.1 Å². The Morgan fingerprint density at radius 1 is 1.10 bits per heavy atom. The van der Waals surface area contributed by atoms with Crippen molar-refractivity contribution in [1.29, 1.82) is 0 Å². The molecule has 1 aromatic heterocycles. The number of amides is 1. The van der Waals surface area contributed by atoms with Crippen LogP contribution in [0.5, 0.6) is 0 Å². The van der Waals surface area contributed by atoms with E-state index in [0.29, 0.717) is 5.56 Å². The second-order valence-corrected chi connectivity index (χ2v) is 8.80. The number of nitrogens with zero attached hydrogens (tertiary/aromatic N) is 2. The standard InChI is InChI=1S/C23H19N3OS2/c1-16-5-4-6-18(13-16)14-24-26-22(27)19-11-9-17(10-12-19)15-28-23-25-20-7-2-3-8-21(20)29-23/h2-14H,15H2,1H3,(H,26,27). The van der Waals surface area contributed by atoms with E-state index in [0.717, 1.165) is 32.3 Å². The lowest BCUT2D eigenvalue weighted by molar-refractivity contribution is 0.0955. The zero-order chi connectivity index (χ0) is 20.1. The summed E-state index contributed by atoms with van der Waals surface area (Å²) in [5.41, 5.74) is 7.45. The fourth-order valence-electron chi connectivity index (χ4n) is 2.79. The molecule has 0 bridgehead atoms. The monoisotopic (exact) mass is 417 g/mol. The van der Waals surface area contributed by atoms with E-state index in [9.17, 15) is 4.79 Å². The van der Waals surface area contributed by atoms with E-state index in [4.69, 9.17) is 0 Å². The van der Waals surface area contributed by atoms with Gasteiger partial charge in [0.2, 0.25) is 0 Å². The van der Waals surface area contributed by atoms with Gasteiger partial charge in [0.1, 0.15) is 0 Å². The third-order valence-corrected chi connectivity index (χ3v) is 6.53. The summed E-state index contributed by atoms with van der Waals surface area (Å²) in [6, 6.07) is 23.7. The van der Waals surface area contributed by atoms with E-state index in [1.165, 1.54) is 4.70 Å². The van der Waals surface area contributed by atoms with Crippen molar-refractivity contribution in [3.8, 4) is 0 Å². The van der Waals surface area contributed by atoms with Gasteiger partial charge in [0.15, 0.2) is 4.34 Å². The predicted molar refractivity (Wildman–Crippen MR) is 122 cm³/mol. The lowest BCUT2D eigenvalue weighted by atomic mass is 10.1. The molecule has 1 amide bonds. The molecule has 0 saturated heterocycles. The summed E-state index contributed by atoms with van der Waals surface area (Å²) in [5.74, 6) is 0.590. The van der Waals surface area contributed by atoms with Crippen LogP contribution in [0.3, 0.4) is 0 Å². The minimum Gasteiger partial charge on any atom is -0.267 e. The maximum absolute atomic E-state index is 12.3. The number of thiazole rings is 1. The molecular weight excluding hydrogens is 398 g/mol. The van der Waals surface area contributed by atoms with Crippen molar-refractivity contribution in [2.24, 2.45) is 5.10 Å². The molecule has 0 aliphatic rings. The topological polar surface area (TPSA) is 54.4 Å². The average molecular weight is 418 g/mol. The van der Waals surface area contributed by atoms with Gasteiger partial charge in [-0.3, -0.25) is 4.79 Å².